The maximum Gasteiger partial charge on any atom is 0.0586 e. The first-order valence-electron chi connectivity index (χ1n) is 3.72. The van der Waals surface area contributed by atoms with Gasteiger partial charge in [0.15, 0.2) is 0 Å². The number of hydrogen-bond donors (Lipinski definition) is 1. The number of rotatable bonds is 0. The Morgan fingerprint density at radius 3 is 3.18 bits per heavy atom. The van der Waals surface area contributed by atoms with Gasteiger partial charge >= 0.3 is 0 Å². The predicted molar refractivity (Wildman–Crippen MR) is 45.6 cm³/mol. The third-order valence-electron chi connectivity index (χ3n) is 1.97. The van der Waals surface area contributed by atoms with Gasteiger partial charge in [0.05, 0.1) is 12.8 Å². The number of hydrogen-bond acceptors (Lipinski definition) is 2. The molecule has 2 rings (SSSR count). The molecular weight excluding hydrogens is 136 g/mol. The molecule has 0 atom stereocenters. The summed E-state index contributed by atoms with van der Waals surface area (Å²) in [6, 6.07) is 6.31. The molecular formula is C9H10N2. The molecule has 0 fully saturated rings. The molecule has 0 unspecified atom stereocenters. The summed E-state index contributed by atoms with van der Waals surface area (Å²) >= 11 is 0. The Labute approximate surface area is 65.9 Å². The fourth-order valence-electron chi connectivity index (χ4n) is 1.32. The molecule has 0 spiro atoms. The van der Waals surface area contributed by atoms with Gasteiger partial charge < -0.3 is 5.43 Å². The van der Waals surface area contributed by atoms with Crippen LogP contribution in [0.4, 0.5) is 0 Å². The standard InChI is InChI=1S/C9H10N2/c1-7-3-2-4-8-5-10-11-6-9(7)8/h2-4,6,10H,5H2,1H3. The summed E-state index contributed by atoms with van der Waals surface area (Å²) in [5.41, 5.74) is 6.84. The predicted octanol–water partition coefficient (Wildman–Crippen LogP) is 1.43. The fraction of sp³-hybridized carbons (Fsp3) is 0.222. The van der Waals surface area contributed by atoms with Crippen LogP contribution in [0.15, 0.2) is 23.3 Å². The van der Waals surface area contributed by atoms with E-state index in [0.29, 0.717) is 0 Å². The second-order valence-electron chi connectivity index (χ2n) is 2.74. The van der Waals surface area contributed by atoms with E-state index in [1.54, 1.807) is 0 Å². The highest BCUT2D eigenvalue weighted by atomic mass is 15.3. The van der Waals surface area contributed by atoms with Crippen molar-refractivity contribution in [2.24, 2.45) is 5.10 Å². The van der Waals surface area contributed by atoms with Crippen LogP contribution in [-0.4, -0.2) is 6.21 Å². The molecule has 0 amide bonds. The zero-order valence-corrected chi connectivity index (χ0v) is 6.46. The van der Waals surface area contributed by atoms with E-state index >= 15 is 0 Å². The molecule has 0 aromatic heterocycles. The van der Waals surface area contributed by atoms with Crippen molar-refractivity contribution in [3.63, 3.8) is 0 Å². The molecule has 11 heavy (non-hydrogen) atoms. The smallest absolute Gasteiger partial charge is 0.0586 e. The van der Waals surface area contributed by atoms with E-state index in [1.807, 2.05) is 6.21 Å². The molecule has 1 aliphatic heterocycles. The number of nitrogens with zero attached hydrogens (tertiary/aromatic N) is 1. The quantitative estimate of drug-likeness (QED) is 0.588. The van der Waals surface area contributed by atoms with Gasteiger partial charge in [0.2, 0.25) is 0 Å². The van der Waals surface area contributed by atoms with Crippen molar-refractivity contribution in [2.45, 2.75) is 13.5 Å². The van der Waals surface area contributed by atoms with E-state index in [1.165, 1.54) is 16.7 Å². The average Bonchev–Trinajstić information content (AvgIpc) is 2.06. The molecule has 1 N–H and O–H groups in total. The van der Waals surface area contributed by atoms with E-state index < -0.39 is 0 Å². The van der Waals surface area contributed by atoms with Crippen LogP contribution in [0.25, 0.3) is 0 Å². The first kappa shape index (κ1) is 6.40. The van der Waals surface area contributed by atoms with E-state index in [-0.39, 0.29) is 0 Å². The fourth-order valence-corrected chi connectivity index (χ4v) is 1.32. The van der Waals surface area contributed by atoms with Gasteiger partial charge in [-0.05, 0) is 18.1 Å². The highest BCUT2D eigenvalue weighted by Gasteiger charge is 2.05. The van der Waals surface area contributed by atoms with Gasteiger partial charge in [-0.15, -0.1) is 0 Å². The molecule has 0 saturated carbocycles. The van der Waals surface area contributed by atoms with Crippen molar-refractivity contribution >= 4 is 6.21 Å². The summed E-state index contributed by atoms with van der Waals surface area (Å²) in [6.07, 6.45) is 1.88. The molecule has 1 aliphatic rings. The lowest BCUT2D eigenvalue weighted by molar-refractivity contribution is 0.734. The highest BCUT2D eigenvalue weighted by Crippen LogP contribution is 2.13. The van der Waals surface area contributed by atoms with Gasteiger partial charge in [0, 0.05) is 5.56 Å². The summed E-state index contributed by atoms with van der Waals surface area (Å²) in [5, 5.41) is 4.00. The summed E-state index contributed by atoms with van der Waals surface area (Å²) < 4.78 is 0. The van der Waals surface area contributed by atoms with Gasteiger partial charge in [-0.3, -0.25) is 0 Å². The Morgan fingerprint density at radius 2 is 2.36 bits per heavy atom. The van der Waals surface area contributed by atoms with Crippen molar-refractivity contribution in [1.29, 1.82) is 0 Å². The Hall–Kier alpha value is -1.31. The minimum absolute atomic E-state index is 0.855. The second kappa shape index (κ2) is 2.38. The third-order valence-corrected chi connectivity index (χ3v) is 1.97. The Bertz CT molecular complexity index is 302. The molecule has 2 heteroatoms. The molecule has 0 radical (unpaired) electrons. The van der Waals surface area contributed by atoms with Crippen LogP contribution in [0.3, 0.4) is 0 Å². The number of benzene rings is 1. The maximum atomic E-state index is 4.00. The topological polar surface area (TPSA) is 24.4 Å². The number of nitrogens with one attached hydrogen (secondary N) is 1. The lowest BCUT2D eigenvalue weighted by Crippen LogP contribution is -2.13. The van der Waals surface area contributed by atoms with Crippen LogP contribution < -0.4 is 5.43 Å². The van der Waals surface area contributed by atoms with Crippen molar-refractivity contribution < 1.29 is 0 Å². The second-order valence-corrected chi connectivity index (χ2v) is 2.74. The normalized spacial score (nSPS) is 13.9. The van der Waals surface area contributed by atoms with Crippen LogP contribution in [0.2, 0.25) is 0 Å². The third kappa shape index (κ3) is 1.00. The molecule has 1 aromatic carbocycles. The molecule has 56 valence electrons. The maximum absolute atomic E-state index is 4.00. The number of fused-ring (bicyclic) bond motifs is 1. The lowest BCUT2D eigenvalue weighted by atomic mass is 10.0. The van der Waals surface area contributed by atoms with E-state index in [4.69, 9.17) is 0 Å². The van der Waals surface area contributed by atoms with E-state index in [2.05, 4.69) is 35.7 Å². The minimum Gasteiger partial charge on any atom is -0.306 e. The summed E-state index contributed by atoms with van der Waals surface area (Å²) in [6.45, 7) is 2.96. The van der Waals surface area contributed by atoms with Gasteiger partial charge in [-0.1, -0.05) is 18.2 Å². The zero-order valence-electron chi connectivity index (χ0n) is 6.46. The molecule has 1 heterocycles. The van der Waals surface area contributed by atoms with Crippen LogP contribution in [0.5, 0.6) is 0 Å². The number of hydrazone groups is 1. The average molecular weight is 146 g/mol. The zero-order chi connectivity index (χ0) is 7.68. The largest absolute Gasteiger partial charge is 0.306 e. The van der Waals surface area contributed by atoms with Gasteiger partial charge in [0.25, 0.3) is 0 Å². The van der Waals surface area contributed by atoms with E-state index in [9.17, 15) is 0 Å². The first-order valence-corrected chi connectivity index (χ1v) is 3.72. The van der Waals surface area contributed by atoms with E-state index in [0.717, 1.165) is 6.54 Å². The van der Waals surface area contributed by atoms with Gasteiger partial charge in [-0.25, -0.2) is 0 Å². The molecule has 0 saturated heterocycles. The first-order chi connectivity index (χ1) is 5.38. The van der Waals surface area contributed by atoms with Crippen LogP contribution in [-0.2, 0) is 6.54 Å². The molecule has 1 aromatic rings. The van der Waals surface area contributed by atoms with Gasteiger partial charge in [0.1, 0.15) is 0 Å². The molecule has 2 nitrogen and oxygen atoms in total. The van der Waals surface area contributed by atoms with Crippen molar-refractivity contribution in [3.05, 3.63) is 34.9 Å². The summed E-state index contributed by atoms with van der Waals surface area (Å²) in [7, 11) is 0. The van der Waals surface area contributed by atoms with Crippen molar-refractivity contribution in [1.82, 2.24) is 5.43 Å². The Morgan fingerprint density at radius 1 is 1.45 bits per heavy atom. The lowest BCUT2D eigenvalue weighted by Gasteiger charge is -2.12. The number of aryl methyl sites for hydroxylation is 1. The SMILES string of the molecule is Cc1cccc2c1C=NNC2. The monoisotopic (exact) mass is 146 g/mol. The van der Waals surface area contributed by atoms with Crippen LogP contribution >= 0.6 is 0 Å². The Balaban J connectivity index is 2.60. The van der Waals surface area contributed by atoms with Crippen LogP contribution in [0.1, 0.15) is 16.7 Å². The van der Waals surface area contributed by atoms with Gasteiger partial charge in [-0.2, -0.15) is 5.10 Å². The minimum atomic E-state index is 0.855. The summed E-state index contributed by atoms with van der Waals surface area (Å²) in [5.74, 6) is 0. The van der Waals surface area contributed by atoms with Crippen molar-refractivity contribution in [3.8, 4) is 0 Å². The Kier molecular flexibility index (Phi) is 1.39. The van der Waals surface area contributed by atoms with Crippen LogP contribution in [0, 0.1) is 6.92 Å². The van der Waals surface area contributed by atoms with Crippen molar-refractivity contribution in [2.75, 3.05) is 0 Å². The molecule has 0 aliphatic carbocycles. The molecule has 0 bridgehead atoms. The summed E-state index contributed by atoms with van der Waals surface area (Å²) in [4.78, 5) is 0. The highest BCUT2D eigenvalue weighted by molar-refractivity contribution is 5.84.